The first-order valence-electron chi connectivity index (χ1n) is 6.94. The van der Waals surface area contributed by atoms with E-state index in [1.807, 2.05) is 6.07 Å². The van der Waals surface area contributed by atoms with Crippen molar-refractivity contribution in [3.8, 4) is 5.75 Å². The van der Waals surface area contributed by atoms with Gasteiger partial charge in [0.25, 0.3) is 0 Å². The molecule has 19 heavy (non-hydrogen) atoms. The van der Waals surface area contributed by atoms with E-state index >= 15 is 0 Å². The van der Waals surface area contributed by atoms with Gasteiger partial charge in [-0.3, -0.25) is 4.90 Å². The smallest absolute Gasteiger partial charge is 0.119 e. The van der Waals surface area contributed by atoms with Gasteiger partial charge in [0.05, 0.1) is 7.11 Å². The van der Waals surface area contributed by atoms with Gasteiger partial charge in [0.15, 0.2) is 0 Å². The predicted molar refractivity (Wildman–Crippen MR) is 82.6 cm³/mol. The summed E-state index contributed by atoms with van der Waals surface area (Å²) in [4.78, 5) is 2.55. The second-order valence-corrected chi connectivity index (χ2v) is 6.10. The topological polar surface area (TPSA) is 24.5 Å². The van der Waals surface area contributed by atoms with Gasteiger partial charge in [-0.25, -0.2) is 0 Å². The molecule has 1 heterocycles. The number of ether oxygens (including phenoxy) is 1. The molecule has 0 aromatic heterocycles. The maximum absolute atomic E-state index is 5.32. The van der Waals surface area contributed by atoms with Crippen LogP contribution in [-0.2, 0) is 6.54 Å². The average Bonchev–Trinajstić information content (AvgIpc) is 2.43. The molecule has 0 bridgehead atoms. The first-order chi connectivity index (χ1) is 9.13. The highest BCUT2D eigenvalue weighted by Gasteiger charge is 2.24. The number of piperazine rings is 1. The number of nitrogens with one attached hydrogen (secondary N) is 1. The third-order valence-electron chi connectivity index (χ3n) is 3.90. The van der Waals surface area contributed by atoms with Crippen LogP contribution in [0.15, 0.2) is 22.7 Å². The second kappa shape index (κ2) is 6.73. The Hall–Kier alpha value is -0.580. The molecule has 0 amide bonds. The van der Waals surface area contributed by atoms with E-state index in [1.165, 1.54) is 12.0 Å². The molecular weight excluding hydrogens is 304 g/mol. The van der Waals surface area contributed by atoms with E-state index in [4.69, 9.17) is 4.74 Å². The number of hydrogen-bond donors (Lipinski definition) is 1. The lowest BCUT2D eigenvalue weighted by atomic mass is 10.1. The molecule has 0 aliphatic carbocycles. The highest BCUT2D eigenvalue weighted by Crippen LogP contribution is 2.25. The Morgan fingerprint density at radius 3 is 2.95 bits per heavy atom. The minimum absolute atomic E-state index is 0.570. The van der Waals surface area contributed by atoms with Gasteiger partial charge in [0, 0.05) is 36.2 Å². The van der Waals surface area contributed by atoms with Crippen molar-refractivity contribution >= 4 is 15.9 Å². The van der Waals surface area contributed by atoms with E-state index in [-0.39, 0.29) is 0 Å². The monoisotopic (exact) mass is 326 g/mol. The summed E-state index contributed by atoms with van der Waals surface area (Å²) in [6.45, 7) is 7.68. The van der Waals surface area contributed by atoms with Crippen LogP contribution in [0.2, 0.25) is 0 Å². The molecule has 1 aliphatic rings. The maximum atomic E-state index is 5.32. The lowest BCUT2D eigenvalue weighted by Gasteiger charge is -2.38. The zero-order valence-electron chi connectivity index (χ0n) is 11.9. The van der Waals surface area contributed by atoms with Gasteiger partial charge >= 0.3 is 0 Å². The Morgan fingerprint density at radius 2 is 2.26 bits per heavy atom. The molecule has 1 fully saturated rings. The Morgan fingerprint density at radius 1 is 1.47 bits per heavy atom. The number of benzene rings is 1. The molecule has 1 aliphatic heterocycles. The summed E-state index contributed by atoms with van der Waals surface area (Å²) in [6.07, 6.45) is 1.18. The van der Waals surface area contributed by atoms with Crippen molar-refractivity contribution in [1.82, 2.24) is 10.2 Å². The van der Waals surface area contributed by atoms with Crippen LogP contribution >= 0.6 is 15.9 Å². The Bertz CT molecular complexity index is 425. The fourth-order valence-corrected chi connectivity index (χ4v) is 2.88. The van der Waals surface area contributed by atoms with E-state index in [2.05, 4.69) is 52.1 Å². The zero-order chi connectivity index (χ0) is 13.8. The Kier molecular flexibility index (Phi) is 5.25. The molecule has 4 heteroatoms. The van der Waals surface area contributed by atoms with E-state index in [1.54, 1.807) is 7.11 Å². The molecule has 1 saturated heterocycles. The summed E-state index contributed by atoms with van der Waals surface area (Å²) in [5, 5.41) is 3.59. The van der Waals surface area contributed by atoms with Gasteiger partial charge in [-0.05, 0) is 37.1 Å². The molecule has 1 aromatic carbocycles. The molecule has 2 unspecified atom stereocenters. The van der Waals surface area contributed by atoms with Gasteiger partial charge in [-0.1, -0.05) is 22.9 Å². The predicted octanol–water partition coefficient (Wildman–Crippen LogP) is 3.03. The highest BCUT2D eigenvalue weighted by molar-refractivity contribution is 9.10. The summed E-state index contributed by atoms with van der Waals surface area (Å²) < 4.78 is 6.48. The fraction of sp³-hybridized carbons (Fsp3) is 0.600. The largest absolute Gasteiger partial charge is 0.497 e. The first kappa shape index (κ1) is 14.8. The number of hydrogen-bond acceptors (Lipinski definition) is 3. The molecule has 0 saturated carbocycles. The summed E-state index contributed by atoms with van der Waals surface area (Å²) in [7, 11) is 1.72. The summed E-state index contributed by atoms with van der Waals surface area (Å²) in [6, 6.07) is 7.36. The quantitative estimate of drug-likeness (QED) is 0.920. The van der Waals surface area contributed by atoms with Crippen molar-refractivity contribution in [3.05, 3.63) is 28.2 Å². The molecule has 1 aromatic rings. The van der Waals surface area contributed by atoms with Crippen LogP contribution in [0.3, 0.4) is 0 Å². The highest BCUT2D eigenvalue weighted by atomic mass is 79.9. The summed E-state index contributed by atoms with van der Waals surface area (Å²) >= 11 is 3.64. The lowest BCUT2D eigenvalue weighted by Crippen LogP contribution is -2.54. The van der Waals surface area contributed by atoms with E-state index in [0.717, 1.165) is 29.9 Å². The first-order valence-corrected chi connectivity index (χ1v) is 7.73. The van der Waals surface area contributed by atoms with Crippen LogP contribution in [0.4, 0.5) is 0 Å². The van der Waals surface area contributed by atoms with Crippen LogP contribution in [0, 0.1) is 0 Å². The molecule has 2 atom stereocenters. The fourth-order valence-electron chi connectivity index (χ4n) is 2.51. The van der Waals surface area contributed by atoms with Gasteiger partial charge in [0.1, 0.15) is 5.75 Å². The van der Waals surface area contributed by atoms with E-state index < -0.39 is 0 Å². The van der Waals surface area contributed by atoms with Crippen molar-refractivity contribution in [2.24, 2.45) is 0 Å². The molecule has 3 nitrogen and oxygen atoms in total. The molecule has 106 valence electrons. The standard InChI is InChI=1S/C15H23BrN2O/c1-4-13-10-18(11(2)8-17-13)9-12-7-14(19-3)5-6-15(12)16/h5-7,11,13,17H,4,8-10H2,1-3H3. The van der Waals surface area contributed by atoms with Crippen LogP contribution < -0.4 is 10.1 Å². The van der Waals surface area contributed by atoms with E-state index in [0.29, 0.717) is 12.1 Å². The molecule has 0 radical (unpaired) electrons. The second-order valence-electron chi connectivity index (χ2n) is 5.25. The van der Waals surface area contributed by atoms with E-state index in [9.17, 15) is 0 Å². The van der Waals surface area contributed by atoms with Gasteiger partial charge < -0.3 is 10.1 Å². The number of rotatable bonds is 4. The molecule has 2 rings (SSSR count). The minimum Gasteiger partial charge on any atom is -0.497 e. The number of halogens is 1. The van der Waals surface area contributed by atoms with Crippen LogP contribution in [-0.4, -0.2) is 37.2 Å². The van der Waals surface area contributed by atoms with Gasteiger partial charge in [0.2, 0.25) is 0 Å². The van der Waals surface area contributed by atoms with Crippen molar-refractivity contribution in [2.75, 3.05) is 20.2 Å². The lowest BCUT2D eigenvalue weighted by molar-refractivity contribution is 0.131. The summed E-state index contributed by atoms with van der Waals surface area (Å²) in [5.74, 6) is 0.924. The SMILES string of the molecule is CCC1CN(Cc2cc(OC)ccc2Br)C(C)CN1. The Balaban J connectivity index is 2.10. The van der Waals surface area contributed by atoms with Crippen LogP contribution in [0.25, 0.3) is 0 Å². The third-order valence-corrected chi connectivity index (χ3v) is 4.67. The number of methoxy groups -OCH3 is 1. The normalized spacial score (nSPS) is 24.4. The summed E-state index contributed by atoms with van der Waals surface area (Å²) in [5.41, 5.74) is 1.29. The van der Waals surface area contributed by atoms with Crippen molar-refractivity contribution < 1.29 is 4.74 Å². The van der Waals surface area contributed by atoms with Crippen LogP contribution in [0.1, 0.15) is 25.8 Å². The third kappa shape index (κ3) is 3.71. The maximum Gasteiger partial charge on any atom is 0.119 e. The average molecular weight is 327 g/mol. The zero-order valence-corrected chi connectivity index (χ0v) is 13.5. The molecule has 0 spiro atoms. The van der Waals surface area contributed by atoms with Crippen molar-refractivity contribution in [3.63, 3.8) is 0 Å². The number of nitrogens with zero attached hydrogens (tertiary/aromatic N) is 1. The van der Waals surface area contributed by atoms with Gasteiger partial charge in [-0.15, -0.1) is 0 Å². The molecular formula is C15H23BrN2O. The van der Waals surface area contributed by atoms with Gasteiger partial charge in [-0.2, -0.15) is 0 Å². The van der Waals surface area contributed by atoms with Crippen molar-refractivity contribution in [1.29, 1.82) is 0 Å². The van der Waals surface area contributed by atoms with Crippen molar-refractivity contribution in [2.45, 2.75) is 38.9 Å². The van der Waals surface area contributed by atoms with Crippen LogP contribution in [0.5, 0.6) is 5.75 Å². The Labute approximate surface area is 124 Å². The minimum atomic E-state index is 0.570. The molecule has 1 N–H and O–H groups in total.